The Bertz CT molecular complexity index is 373. The van der Waals surface area contributed by atoms with E-state index in [9.17, 15) is 8.42 Å². The highest BCUT2D eigenvalue weighted by Crippen LogP contribution is 2.27. The van der Waals surface area contributed by atoms with Crippen LogP contribution in [0.5, 0.6) is 0 Å². The van der Waals surface area contributed by atoms with E-state index in [2.05, 4.69) is 41.8 Å². The summed E-state index contributed by atoms with van der Waals surface area (Å²) in [6.45, 7) is 4.86. The summed E-state index contributed by atoms with van der Waals surface area (Å²) >= 11 is 2.48. The number of quaternary nitrogens is 1. The third-order valence-electron chi connectivity index (χ3n) is 3.34. The number of hydrogen-bond donors (Lipinski definition) is 0. The SMILES string of the molecule is CC(I)[N+]1(/C=C/CCOS(C)(=O)=O)CCCCC1. The molecular formula is C12H23INO3S+. The Morgan fingerprint density at radius 1 is 1.33 bits per heavy atom. The van der Waals surface area contributed by atoms with Crippen molar-refractivity contribution in [1.82, 2.24) is 0 Å². The minimum absolute atomic E-state index is 0.241. The van der Waals surface area contributed by atoms with Crippen molar-refractivity contribution in [1.29, 1.82) is 0 Å². The molecule has 106 valence electrons. The molecule has 1 saturated heterocycles. The molecule has 0 amide bonds. The van der Waals surface area contributed by atoms with Crippen molar-refractivity contribution in [2.45, 2.75) is 36.7 Å². The third-order valence-corrected chi connectivity index (χ3v) is 5.05. The van der Waals surface area contributed by atoms with Gasteiger partial charge in [-0.05, 0) is 61.3 Å². The van der Waals surface area contributed by atoms with Gasteiger partial charge in [-0.3, -0.25) is 8.67 Å². The fourth-order valence-electron chi connectivity index (χ4n) is 2.28. The lowest BCUT2D eigenvalue weighted by molar-refractivity contribution is -0.888. The number of alkyl halides is 1. The Labute approximate surface area is 124 Å². The highest BCUT2D eigenvalue weighted by atomic mass is 127. The minimum atomic E-state index is -3.30. The molecule has 0 radical (unpaired) electrons. The predicted molar refractivity (Wildman–Crippen MR) is 81.9 cm³/mol. The van der Waals surface area contributed by atoms with Gasteiger partial charge in [0.25, 0.3) is 10.1 Å². The van der Waals surface area contributed by atoms with Gasteiger partial charge >= 0.3 is 0 Å². The van der Waals surface area contributed by atoms with Crippen LogP contribution in [0.1, 0.15) is 32.6 Å². The monoisotopic (exact) mass is 388 g/mol. The average molecular weight is 388 g/mol. The Hall–Kier alpha value is 0.340. The first-order valence-corrected chi connectivity index (χ1v) is 9.45. The van der Waals surface area contributed by atoms with Crippen LogP contribution in [0.2, 0.25) is 0 Å². The zero-order valence-corrected chi connectivity index (χ0v) is 14.1. The molecule has 0 spiro atoms. The smallest absolute Gasteiger partial charge is 0.264 e. The average Bonchev–Trinajstić information content (AvgIpc) is 2.28. The maximum absolute atomic E-state index is 10.8. The second kappa shape index (κ2) is 7.21. The minimum Gasteiger partial charge on any atom is -0.287 e. The van der Waals surface area contributed by atoms with Crippen LogP contribution in [0.3, 0.4) is 0 Å². The second-order valence-electron chi connectivity index (χ2n) is 4.88. The summed E-state index contributed by atoms with van der Waals surface area (Å²) in [5.74, 6) is 0. The Kier molecular flexibility index (Phi) is 6.57. The van der Waals surface area contributed by atoms with Crippen molar-refractivity contribution in [3.05, 3.63) is 12.3 Å². The maximum Gasteiger partial charge on any atom is 0.264 e. The molecule has 0 aliphatic carbocycles. The molecule has 1 heterocycles. The van der Waals surface area contributed by atoms with Gasteiger partial charge in [-0.15, -0.1) is 0 Å². The zero-order valence-electron chi connectivity index (χ0n) is 11.1. The van der Waals surface area contributed by atoms with E-state index in [0.717, 1.165) is 10.7 Å². The molecule has 1 atom stereocenters. The highest BCUT2D eigenvalue weighted by Gasteiger charge is 2.31. The van der Waals surface area contributed by atoms with E-state index in [1.54, 1.807) is 0 Å². The maximum atomic E-state index is 10.8. The van der Waals surface area contributed by atoms with Gasteiger partial charge in [-0.1, -0.05) is 0 Å². The second-order valence-corrected chi connectivity index (χ2v) is 8.33. The van der Waals surface area contributed by atoms with Crippen molar-refractivity contribution < 1.29 is 17.1 Å². The summed E-state index contributed by atoms with van der Waals surface area (Å²) in [4.78, 5) is 0. The lowest BCUT2D eigenvalue weighted by Crippen LogP contribution is -2.50. The van der Waals surface area contributed by atoms with Crippen molar-refractivity contribution in [2.24, 2.45) is 0 Å². The molecule has 0 N–H and O–H groups in total. The zero-order chi connectivity index (χ0) is 13.6. The van der Waals surface area contributed by atoms with E-state index in [1.807, 2.05) is 0 Å². The van der Waals surface area contributed by atoms with E-state index in [1.165, 1.54) is 32.4 Å². The van der Waals surface area contributed by atoms with Crippen LogP contribution in [-0.4, -0.2) is 42.9 Å². The molecule has 0 aromatic heterocycles. The summed E-state index contributed by atoms with van der Waals surface area (Å²) in [7, 11) is -3.30. The van der Waals surface area contributed by atoms with E-state index >= 15 is 0 Å². The number of rotatable bonds is 6. The Morgan fingerprint density at radius 3 is 2.44 bits per heavy atom. The normalized spacial score (nSPS) is 22.2. The quantitative estimate of drug-likeness (QED) is 0.176. The Morgan fingerprint density at radius 2 is 1.94 bits per heavy atom. The molecule has 18 heavy (non-hydrogen) atoms. The molecular weight excluding hydrogens is 365 g/mol. The number of nitrogens with zero attached hydrogens (tertiary/aromatic N) is 1. The van der Waals surface area contributed by atoms with E-state index in [4.69, 9.17) is 4.18 Å². The van der Waals surface area contributed by atoms with Gasteiger partial charge in [0.2, 0.25) is 0 Å². The number of piperidine rings is 1. The molecule has 1 unspecified atom stereocenters. The summed E-state index contributed by atoms with van der Waals surface area (Å²) in [5.41, 5.74) is 0. The van der Waals surface area contributed by atoms with Gasteiger partial charge in [-0.25, -0.2) is 0 Å². The topological polar surface area (TPSA) is 43.4 Å². The van der Waals surface area contributed by atoms with Gasteiger partial charge in [0.1, 0.15) is 4.05 Å². The van der Waals surface area contributed by atoms with Crippen LogP contribution >= 0.6 is 22.6 Å². The van der Waals surface area contributed by atoms with E-state index in [0.29, 0.717) is 10.5 Å². The number of hydrogen-bond acceptors (Lipinski definition) is 3. The van der Waals surface area contributed by atoms with Gasteiger partial charge in [0, 0.05) is 0 Å². The van der Waals surface area contributed by atoms with Crippen molar-refractivity contribution in [3.8, 4) is 0 Å². The molecule has 0 bridgehead atoms. The molecule has 4 nitrogen and oxygen atoms in total. The van der Waals surface area contributed by atoms with Crippen molar-refractivity contribution in [3.63, 3.8) is 0 Å². The standard InChI is InChI=1S/C12H23INO3S/c1-12(13)14(8-4-3-5-9-14)10-6-7-11-17-18(2,15)16/h6,10,12H,3-5,7-9,11H2,1-2H3/q+1/b10-6+. The van der Waals surface area contributed by atoms with Crippen molar-refractivity contribution in [2.75, 3.05) is 26.0 Å². The fourth-order valence-corrected chi connectivity index (χ4v) is 3.42. The number of halogens is 1. The third kappa shape index (κ3) is 5.54. The van der Waals surface area contributed by atoms with E-state index < -0.39 is 10.1 Å². The molecule has 1 aliphatic heterocycles. The van der Waals surface area contributed by atoms with Crippen LogP contribution in [0, 0.1) is 0 Å². The fraction of sp³-hybridized carbons (Fsp3) is 0.833. The lowest BCUT2D eigenvalue weighted by atomic mass is 10.1. The molecule has 1 rings (SSSR count). The summed E-state index contributed by atoms with van der Waals surface area (Å²) in [6.07, 6.45) is 9.91. The van der Waals surface area contributed by atoms with Crippen LogP contribution in [0.4, 0.5) is 0 Å². The van der Waals surface area contributed by atoms with Gasteiger partial charge < -0.3 is 0 Å². The predicted octanol–water partition coefficient (Wildman–Crippen LogP) is 2.65. The van der Waals surface area contributed by atoms with Gasteiger partial charge in [-0.2, -0.15) is 8.42 Å². The Balaban J connectivity index is 2.46. The van der Waals surface area contributed by atoms with Crippen LogP contribution in [-0.2, 0) is 14.3 Å². The first kappa shape index (κ1) is 16.4. The molecule has 0 aromatic carbocycles. The van der Waals surface area contributed by atoms with Gasteiger partial charge in [0.15, 0.2) is 0 Å². The first-order chi connectivity index (χ1) is 8.36. The van der Waals surface area contributed by atoms with Crippen molar-refractivity contribution >= 4 is 32.7 Å². The van der Waals surface area contributed by atoms with Crippen LogP contribution in [0.25, 0.3) is 0 Å². The molecule has 6 heteroatoms. The highest BCUT2D eigenvalue weighted by molar-refractivity contribution is 14.1. The lowest BCUT2D eigenvalue weighted by Gasteiger charge is -2.40. The molecule has 0 saturated carbocycles. The van der Waals surface area contributed by atoms with Gasteiger partial charge in [0.05, 0.1) is 32.2 Å². The summed E-state index contributed by atoms with van der Waals surface area (Å²) in [6, 6.07) is 0. The van der Waals surface area contributed by atoms with E-state index in [-0.39, 0.29) is 6.61 Å². The largest absolute Gasteiger partial charge is 0.287 e. The first-order valence-electron chi connectivity index (χ1n) is 6.38. The molecule has 0 aromatic rings. The summed E-state index contributed by atoms with van der Waals surface area (Å²) in [5, 5.41) is 0. The molecule has 1 aliphatic rings. The summed E-state index contributed by atoms with van der Waals surface area (Å²) < 4.78 is 27.9. The van der Waals surface area contributed by atoms with Crippen LogP contribution < -0.4 is 0 Å². The van der Waals surface area contributed by atoms with Crippen LogP contribution in [0.15, 0.2) is 12.3 Å². The molecule has 1 fully saturated rings. The number of likely N-dealkylation sites (tertiary alicyclic amines) is 1.